The third-order valence-electron chi connectivity index (χ3n) is 5.17. The van der Waals surface area contributed by atoms with E-state index >= 15 is 0 Å². The van der Waals surface area contributed by atoms with Crippen molar-refractivity contribution in [3.63, 3.8) is 0 Å². The number of thioether (sulfide) groups is 1. The van der Waals surface area contributed by atoms with Crippen molar-refractivity contribution >= 4 is 34.5 Å². The molecule has 1 amide bonds. The van der Waals surface area contributed by atoms with Crippen molar-refractivity contribution in [2.75, 3.05) is 18.1 Å². The van der Waals surface area contributed by atoms with Gasteiger partial charge < -0.3 is 14.7 Å². The van der Waals surface area contributed by atoms with Crippen LogP contribution in [0.25, 0.3) is 0 Å². The predicted octanol–water partition coefficient (Wildman–Crippen LogP) is 4.33. The zero-order chi connectivity index (χ0) is 19.9. The minimum Gasteiger partial charge on any atom is -0.482 e. The second kappa shape index (κ2) is 9.96. The monoisotopic (exact) mass is 404 g/mol. The summed E-state index contributed by atoms with van der Waals surface area (Å²) in [5, 5.41) is 9.83. The number of nitrogens with zero attached hydrogens (tertiary/aromatic N) is 2. The topological polar surface area (TPSA) is 79.2 Å². The van der Waals surface area contributed by atoms with Gasteiger partial charge in [-0.1, -0.05) is 44.4 Å². The molecule has 152 valence electrons. The summed E-state index contributed by atoms with van der Waals surface area (Å²) < 4.78 is 5.21. The van der Waals surface area contributed by atoms with Gasteiger partial charge in [-0.25, -0.2) is 4.79 Å². The Balaban J connectivity index is 1.78. The summed E-state index contributed by atoms with van der Waals surface area (Å²) >= 11 is 1.75. The van der Waals surface area contributed by atoms with E-state index in [2.05, 4.69) is 16.8 Å². The number of ether oxygens (including phenoxy) is 1. The first-order valence-electron chi connectivity index (χ1n) is 10.1. The van der Waals surface area contributed by atoms with Crippen LogP contribution in [0.5, 0.6) is 5.75 Å². The number of aliphatic imine (C=N–C) groups is 1. The van der Waals surface area contributed by atoms with E-state index in [-0.39, 0.29) is 18.4 Å². The fourth-order valence-corrected chi connectivity index (χ4v) is 5.20. The maximum Gasteiger partial charge on any atom is 0.341 e. The highest BCUT2D eigenvalue weighted by Gasteiger charge is 2.36. The maximum atomic E-state index is 12.7. The molecule has 1 fully saturated rings. The van der Waals surface area contributed by atoms with E-state index in [1.54, 1.807) is 23.9 Å². The quantitative estimate of drug-likeness (QED) is 0.760. The van der Waals surface area contributed by atoms with Crippen molar-refractivity contribution in [1.82, 2.24) is 0 Å². The number of carboxylic acids is 1. The molecule has 28 heavy (non-hydrogen) atoms. The van der Waals surface area contributed by atoms with Crippen molar-refractivity contribution in [2.24, 2.45) is 10.9 Å². The number of carboxylic acid groups (broad SMARTS) is 1. The summed E-state index contributed by atoms with van der Waals surface area (Å²) in [5.41, 5.74) is 0.938. The molecule has 1 aliphatic carbocycles. The minimum absolute atomic E-state index is 0.0307. The van der Waals surface area contributed by atoms with Gasteiger partial charge in [0.25, 0.3) is 5.91 Å². The summed E-state index contributed by atoms with van der Waals surface area (Å²) in [6, 6.07) is 7.31. The van der Waals surface area contributed by atoms with Gasteiger partial charge in [-0.2, -0.15) is 4.99 Å². The zero-order valence-electron chi connectivity index (χ0n) is 16.3. The number of fused-ring (bicyclic) bond motifs is 1. The van der Waals surface area contributed by atoms with Crippen molar-refractivity contribution in [3.8, 4) is 5.75 Å². The summed E-state index contributed by atoms with van der Waals surface area (Å²) in [6.07, 6.45) is 7.72. The number of hydrogen-bond donors (Lipinski definition) is 1. The van der Waals surface area contributed by atoms with Crippen LogP contribution in [0.15, 0.2) is 29.3 Å². The molecular formula is C21H28N2O4S. The first-order chi connectivity index (χ1) is 13.6. The molecule has 6 nitrogen and oxygen atoms in total. The highest BCUT2D eigenvalue weighted by Crippen LogP contribution is 2.38. The highest BCUT2D eigenvalue weighted by molar-refractivity contribution is 8.14. The molecule has 1 aromatic rings. The van der Waals surface area contributed by atoms with Gasteiger partial charge in [0.05, 0.1) is 5.92 Å². The Morgan fingerprint density at radius 1 is 1.21 bits per heavy atom. The first kappa shape index (κ1) is 20.7. The molecular weight excluding hydrogens is 376 g/mol. The summed E-state index contributed by atoms with van der Waals surface area (Å²) in [7, 11) is 0. The third kappa shape index (κ3) is 5.28. The number of aliphatic carboxylic acids is 1. The van der Waals surface area contributed by atoms with Crippen LogP contribution in [0, 0.1) is 5.92 Å². The van der Waals surface area contributed by atoms with Gasteiger partial charge in [-0.3, -0.25) is 4.79 Å². The second-order valence-electron chi connectivity index (χ2n) is 7.31. The Kier molecular flexibility index (Phi) is 7.36. The van der Waals surface area contributed by atoms with E-state index in [4.69, 9.17) is 9.84 Å². The van der Waals surface area contributed by atoms with Crippen LogP contribution in [-0.4, -0.2) is 40.6 Å². The number of carbonyl (C=O) groups excluding carboxylic acids is 1. The molecule has 1 N–H and O–H groups in total. The Bertz CT molecular complexity index is 720. The van der Waals surface area contributed by atoms with Gasteiger partial charge in [0.15, 0.2) is 11.8 Å². The minimum atomic E-state index is -1.00. The number of hydrogen-bond acceptors (Lipinski definition) is 5. The van der Waals surface area contributed by atoms with Gasteiger partial charge in [0, 0.05) is 17.5 Å². The van der Waals surface area contributed by atoms with E-state index in [1.165, 1.54) is 19.3 Å². The fourth-order valence-electron chi connectivity index (χ4n) is 3.76. The zero-order valence-corrected chi connectivity index (χ0v) is 17.1. The lowest BCUT2D eigenvalue weighted by molar-refractivity contribution is -0.139. The molecule has 2 aliphatic rings. The van der Waals surface area contributed by atoms with E-state index in [0.29, 0.717) is 11.0 Å². The molecule has 2 atom stereocenters. The molecule has 1 heterocycles. The second-order valence-corrected chi connectivity index (χ2v) is 8.52. The van der Waals surface area contributed by atoms with Gasteiger partial charge in [0.1, 0.15) is 5.75 Å². The molecule has 0 saturated heterocycles. The molecule has 2 unspecified atom stereocenters. The predicted molar refractivity (Wildman–Crippen MR) is 112 cm³/mol. The molecule has 0 radical (unpaired) electrons. The smallest absolute Gasteiger partial charge is 0.341 e. The van der Waals surface area contributed by atoms with E-state index in [0.717, 1.165) is 43.1 Å². The lowest BCUT2D eigenvalue weighted by atomic mass is 9.90. The number of anilines is 1. The van der Waals surface area contributed by atoms with E-state index < -0.39 is 5.97 Å². The lowest BCUT2D eigenvalue weighted by Crippen LogP contribution is -2.39. The summed E-state index contributed by atoms with van der Waals surface area (Å²) in [4.78, 5) is 30.0. The molecule has 3 rings (SSSR count). The van der Waals surface area contributed by atoms with Crippen LogP contribution in [0.1, 0.15) is 51.9 Å². The molecule has 0 bridgehead atoms. The third-order valence-corrected chi connectivity index (χ3v) is 6.56. The van der Waals surface area contributed by atoms with Crippen LogP contribution in [0.4, 0.5) is 5.69 Å². The van der Waals surface area contributed by atoms with Crippen LogP contribution in [-0.2, 0) is 9.59 Å². The largest absolute Gasteiger partial charge is 0.482 e. The van der Waals surface area contributed by atoms with Crippen molar-refractivity contribution in [3.05, 3.63) is 24.3 Å². The van der Waals surface area contributed by atoms with Gasteiger partial charge in [-0.05, 0) is 43.5 Å². The van der Waals surface area contributed by atoms with Gasteiger partial charge in [0.2, 0.25) is 0 Å². The lowest BCUT2D eigenvalue weighted by Gasteiger charge is -2.34. The summed E-state index contributed by atoms with van der Waals surface area (Å²) in [6.45, 7) is 2.51. The van der Waals surface area contributed by atoms with Crippen molar-refractivity contribution in [2.45, 2.75) is 57.1 Å². The molecule has 1 saturated carbocycles. The number of benzene rings is 1. The molecule has 7 heteroatoms. The molecule has 0 spiro atoms. The Labute approximate surface area is 170 Å². The average Bonchev–Trinajstić information content (AvgIpc) is 2.66. The van der Waals surface area contributed by atoms with Crippen LogP contribution in [0.3, 0.4) is 0 Å². The average molecular weight is 405 g/mol. The summed E-state index contributed by atoms with van der Waals surface area (Å²) in [5.74, 6) is -0.401. The Morgan fingerprint density at radius 3 is 2.61 bits per heavy atom. The number of amides is 1. The van der Waals surface area contributed by atoms with Crippen molar-refractivity contribution < 1.29 is 19.4 Å². The van der Waals surface area contributed by atoms with Crippen molar-refractivity contribution in [1.29, 1.82) is 0 Å². The molecule has 1 aliphatic heterocycles. The molecule has 1 aromatic carbocycles. The van der Waals surface area contributed by atoms with E-state index in [1.807, 2.05) is 12.1 Å². The number of carbonyl (C=O) groups is 2. The fraction of sp³-hybridized carbons (Fsp3) is 0.571. The first-order valence-corrected chi connectivity index (χ1v) is 11.0. The standard InChI is InChI=1S/C21H28N2O4S/c1-2-13-23(15-9-11-16(12-10-15)27-14-19(24)25)21-22-20(26)17-7-5-3-4-6-8-18(17)28-21/h9-12,17-18H,2-8,13-14H2,1H3,(H,24,25). The maximum absolute atomic E-state index is 12.7. The molecule has 0 aromatic heterocycles. The number of rotatable bonds is 6. The van der Waals surface area contributed by atoms with Gasteiger partial charge in [-0.15, -0.1) is 0 Å². The SMILES string of the molecule is CCCN(C1=NC(=O)C2CCCCCCC2S1)c1ccc(OCC(=O)O)cc1. The van der Waals surface area contributed by atoms with Crippen LogP contribution in [0.2, 0.25) is 0 Å². The van der Waals surface area contributed by atoms with Crippen LogP contribution < -0.4 is 9.64 Å². The number of amidine groups is 1. The Morgan fingerprint density at radius 2 is 1.93 bits per heavy atom. The Hall–Kier alpha value is -2.02. The highest BCUT2D eigenvalue weighted by atomic mass is 32.2. The van der Waals surface area contributed by atoms with Crippen LogP contribution >= 0.6 is 11.8 Å². The van der Waals surface area contributed by atoms with E-state index in [9.17, 15) is 9.59 Å². The van der Waals surface area contributed by atoms with Gasteiger partial charge >= 0.3 is 5.97 Å². The normalized spacial score (nSPS) is 22.5.